The average molecular weight is 587 g/mol. The van der Waals surface area contributed by atoms with Crippen molar-refractivity contribution >= 4 is 47.7 Å². The fourth-order valence-electron chi connectivity index (χ4n) is 5.77. The topological polar surface area (TPSA) is 165 Å². The summed E-state index contributed by atoms with van der Waals surface area (Å²) in [5.41, 5.74) is 8.40. The van der Waals surface area contributed by atoms with Crippen molar-refractivity contribution in [3.05, 3.63) is 72.8 Å². The number of aromatic amines is 2. The number of amides is 2. The second-order valence-electron chi connectivity index (χ2n) is 11.0. The predicted molar refractivity (Wildman–Crippen MR) is 165 cm³/mol. The fraction of sp³-hybridized carbons (Fsp3) is 0.364. The summed E-state index contributed by atoms with van der Waals surface area (Å²) in [6.45, 7) is 11.3. The molecule has 0 bridgehead atoms. The lowest BCUT2D eigenvalue weighted by atomic mass is 10.00. The first-order chi connectivity index (χ1) is 20.4. The van der Waals surface area contributed by atoms with E-state index in [9.17, 15) is 29.4 Å². The number of carboxylic acid groups (broad SMARTS) is 2. The van der Waals surface area contributed by atoms with Gasteiger partial charge in [-0.1, -0.05) is 13.0 Å². The lowest BCUT2D eigenvalue weighted by Gasteiger charge is -2.03. The van der Waals surface area contributed by atoms with Gasteiger partial charge in [0.15, 0.2) is 0 Å². The summed E-state index contributed by atoms with van der Waals surface area (Å²) in [5, 5.41) is 23.2. The van der Waals surface area contributed by atoms with Crippen LogP contribution in [0.2, 0.25) is 0 Å². The Hall–Kier alpha value is -4.73. The van der Waals surface area contributed by atoms with Gasteiger partial charge in [-0.25, -0.2) is 4.99 Å². The summed E-state index contributed by atoms with van der Waals surface area (Å²) in [6.07, 6.45) is 8.45. The monoisotopic (exact) mass is 586 g/mol. The van der Waals surface area contributed by atoms with Crippen molar-refractivity contribution in [2.45, 2.75) is 73.6 Å². The number of carbonyl (C=O) groups excluding carboxylic acids is 2. The van der Waals surface area contributed by atoms with Crippen LogP contribution < -0.4 is 16.0 Å². The highest BCUT2D eigenvalue weighted by Gasteiger charge is 2.29. The Balaban J connectivity index is 1.91. The number of hydrogen-bond acceptors (Lipinski definition) is 4. The van der Waals surface area contributed by atoms with Gasteiger partial charge in [-0.05, 0) is 106 Å². The van der Waals surface area contributed by atoms with Crippen molar-refractivity contribution in [3.63, 3.8) is 0 Å². The maximum absolute atomic E-state index is 12.3. The average Bonchev–Trinajstić information content (AvgIpc) is 3.59. The highest BCUT2D eigenvalue weighted by atomic mass is 16.4. The molecule has 0 saturated carbocycles. The van der Waals surface area contributed by atoms with E-state index in [0.717, 1.165) is 39.1 Å². The number of aromatic nitrogens is 2. The van der Waals surface area contributed by atoms with Crippen LogP contribution >= 0.6 is 0 Å². The number of hydrogen-bond donors (Lipinski definition) is 5. The minimum atomic E-state index is -0.923. The van der Waals surface area contributed by atoms with Crippen molar-refractivity contribution in [2.75, 3.05) is 0 Å². The third-order valence-electron chi connectivity index (χ3n) is 8.35. The molecule has 0 spiro atoms. The van der Waals surface area contributed by atoms with Gasteiger partial charge < -0.3 is 25.5 Å². The van der Waals surface area contributed by atoms with Crippen LogP contribution in [0.4, 0.5) is 0 Å². The van der Waals surface area contributed by atoms with E-state index in [1.54, 1.807) is 0 Å². The van der Waals surface area contributed by atoms with Crippen LogP contribution in [0.1, 0.15) is 80.6 Å². The number of H-pyrrole nitrogens is 2. The first-order valence-corrected chi connectivity index (χ1v) is 14.4. The molecule has 2 aliphatic rings. The SMILES string of the molecule is C/C=C1\C(=C\c2[nH]c(C=c3[nH]c(=CC4=NC(=O)C(CC)=C4C)c(C)c3CCC(=O)O)c(CCC(=O)O)c2C)NC(=O)[C@@H]1C. The van der Waals surface area contributed by atoms with Gasteiger partial charge in [-0.15, -0.1) is 0 Å². The molecule has 10 nitrogen and oxygen atoms in total. The molecule has 2 aliphatic heterocycles. The van der Waals surface area contributed by atoms with Crippen LogP contribution in [-0.2, 0) is 32.0 Å². The molecule has 1 fully saturated rings. The molecule has 2 aromatic heterocycles. The molecule has 10 heteroatoms. The van der Waals surface area contributed by atoms with Crippen molar-refractivity contribution in [1.82, 2.24) is 15.3 Å². The van der Waals surface area contributed by atoms with Crippen molar-refractivity contribution in [1.29, 1.82) is 0 Å². The van der Waals surface area contributed by atoms with Crippen LogP contribution in [-0.4, -0.2) is 49.6 Å². The molecule has 0 aromatic carbocycles. The van der Waals surface area contributed by atoms with Crippen molar-refractivity contribution in [2.24, 2.45) is 10.9 Å². The Morgan fingerprint density at radius 2 is 1.53 bits per heavy atom. The van der Waals surface area contributed by atoms with Gasteiger partial charge in [-0.2, -0.15) is 0 Å². The molecule has 1 atom stereocenters. The normalized spacial score (nSPS) is 19.8. The summed E-state index contributed by atoms with van der Waals surface area (Å²) in [7, 11) is 0. The predicted octanol–water partition coefficient (Wildman–Crippen LogP) is 3.36. The number of carbonyl (C=O) groups is 4. The first-order valence-electron chi connectivity index (χ1n) is 14.4. The van der Waals surface area contributed by atoms with Gasteiger partial charge in [0, 0.05) is 46.2 Å². The Morgan fingerprint density at radius 1 is 0.884 bits per heavy atom. The summed E-state index contributed by atoms with van der Waals surface area (Å²) in [6, 6.07) is 0. The second-order valence-corrected chi connectivity index (χ2v) is 11.0. The van der Waals surface area contributed by atoms with E-state index in [1.165, 1.54) is 0 Å². The van der Waals surface area contributed by atoms with Gasteiger partial charge in [0.25, 0.3) is 5.91 Å². The van der Waals surface area contributed by atoms with Crippen LogP contribution in [0.5, 0.6) is 0 Å². The minimum absolute atomic E-state index is 0.0721. The molecule has 0 unspecified atom stereocenters. The number of nitrogens with one attached hydrogen (secondary N) is 3. The maximum atomic E-state index is 12.3. The number of carboxylic acids is 2. The molecule has 2 amide bonds. The molecule has 0 aliphatic carbocycles. The quantitative estimate of drug-likeness (QED) is 0.286. The lowest BCUT2D eigenvalue weighted by Crippen LogP contribution is -2.16. The zero-order valence-electron chi connectivity index (χ0n) is 25.4. The van der Waals surface area contributed by atoms with Gasteiger partial charge in [-0.3, -0.25) is 19.2 Å². The number of allylic oxidation sites excluding steroid dienone is 3. The number of rotatable bonds is 10. The molecule has 1 saturated heterocycles. The molecule has 4 rings (SSSR count). The Bertz CT molecular complexity index is 1780. The van der Waals surface area contributed by atoms with Gasteiger partial charge >= 0.3 is 11.9 Å². The van der Waals surface area contributed by atoms with E-state index in [1.807, 2.05) is 65.8 Å². The maximum Gasteiger partial charge on any atom is 0.303 e. The standard InChI is InChI=1S/C33H38N4O6/c1-7-20-19(6)32(42)37-27(20)14-25-18(5)23(10-12-31(40)41)29(35-25)15-28-22(9-11-30(38)39)17(4)24(34-28)13-26-16(3)21(8-2)33(43)36-26/h7,13-15,19,34-35H,8-12H2,1-6H3,(H,37,42)(H,38,39)(H,40,41)/b20-7-,24-13?,27-14-,28-15?/t19-/m1/s1. The van der Waals surface area contributed by atoms with Crippen molar-refractivity contribution < 1.29 is 29.4 Å². The van der Waals surface area contributed by atoms with Crippen molar-refractivity contribution in [3.8, 4) is 0 Å². The molecule has 0 radical (unpaired) electrons. The van der Waals surface area contributed by atoms with Crippen LogP contribution in [0.15, 0.2) is 33.5 Å². The van der Waals surface area contributed by atoms with Crippen LogP contribution in [0.25, 0.3) is 18.2 Å². The highest BCUT2D eigenvalue weighted by molar-refractivity contribution is 6.30. The summed E-state index contributed by atoms with van der Waals surface area (Å²) >= 11 is 0. The van der Waals surface area contributed by atoms with Crippen LogP contribution in [0.3, 0.4) is 0 Å². The molecule has 5 N–H and O–H groups in total. The second kappa shape index (κ2) is 12.6. The molecule has 43 heavy (non-hydrogen) atoms. The van der Waals surface area contributed by atoms with E-state index in [-0.39, 0.29) is 43.4 Å². The third kappa shape index (κ3) is 6.38. The molecule has 4 heterocycles. The largest absolute Gasteiger partial charge is 0.481 e. The van der Waals surface area contributed by atoms with E-state index >= 15 is 0 Å². The van der Waals surface area contributed by atoms with Gasteiger partial charge in [0.1, 0.15) is 0 Å². The Kier molecular flexibility index (Phi) is 9.18. The van der Waals surface area contributed by atoms with E-state index < -0.39 is 11.9 Å². The molecular weight excluding hydrogens is 548 g/mol. The minimum Gasteiger partial charge on any atom is -0.481 e. The first kappa shape index (κ1) is 31.2. The summed E-state index contributed by atoms with van der Waals surface area (Å²) < 4.78 is 0. The molecular formula is C33H38N4O6. The fourth-order valence-corrected chi connectivity index (χ4v) is 5.77. The van der Waals surface area contributed by atoms with Crippen LogP contribution in [0, 0.1) is 19.8 Å². The van der Waals surface area contributed by atoms with Gasteiger partial charge in [0.2, 0.25) is 5.91 Å². The lowest BCUT2D eigenvalue weighted by molar-refractivity contribution is -0.138. The summed E-state index contributed by atoms with van der Waals surface area (Å²) in [4.78, 5) is 58.8. The molecule has 226 valence electrons. The van der Waals surface area contributed by atoms with E-state index in [2.05, 4.69) is 20.3 Å². The third-order valence-corrected chi connectivity index (χ3v) is 8.35. The smallest absolute Gasteiger partial charge is 0.303 e. The number of aliphatic carboxylic acids is 2. The summed E-state index contributed by atoms with van der Waals surface area (Å²) in [5.74, 6) is -2.44. The Morgan fingerprint density at radius 3 is 2.12 bits per heavy atom. The number of nitrogens with zero attached hydrogens (tertiary/aromatic N) is 1. The molecule has 2 aromatic rings. The van der Waals surface area contributed by atoms with E-state index in [0.29, 0.717) is 39.8 Å². The zero-order valence-corrected chi connectivity index (χ0v) is 25.4. The highest BCUT2D eigenvalue weighted by Crippen LogP contribution is 2.29. The zero-order chi connectivity index (χ0) is 31.6. The number of aliphatic imine (C=N–C) groups is 1. The Labute approximate surface area is 249 Å². The van der Waals surface area contributed by atoms with Gasteiger partial charge in [0.05, 0.1) is 11.6 Å². The van der Waals surface area contributed by atoms with E-state index in [4.69, 9.17) is 0 Å².